The van der Waals surface area contributed by atoms with Gasteiger partial charge in [-0.25, -0.2) is 0 Å². The van der Waals surface area contributed by atoms with Crippen LogP contribution in [0, 0.1) is 12.8 Å². The van der Waals surface area contributed by atoms with Crippen LogP contribution >= 0.6 is 0 Å². The fourth-order valence-electron chi connectivity index (χ4n) is 4.91. The predicted octanol–water partition coefficient (Wildman–Crippen LogP) is 4.27. The normalized spacial score (nSPS) is 15.5. The molecule has 0 aliphatic carbocycles. The van der Waals surface area contributed by atoms with Crippen LogP contribution in [0.25, 0.3) is 0 Å². The van der Waals surface area contributed by atoms with Crippen LogP contribution in [0.15, 0.2) is 57.9 Å². The summed E-state index contributed by atoms with van der Waals surface area (Å²) in [5.74, 6) is 1.02. The minimum absolute atomic E-state index is 0.0420. The van der Waals surface area contributed by atoms with Crippen molar-refractivity contribution in [1.82, 2.24) is 9.47 Å². The third-order valence-corrected chi connectivity index (χ3v) is 6.71. The van der Waals surface area contributed by atoms with E-state index in [0.29, 0.717) is 56.2 Å². The number of hydrogen-bond acceptors (Lipinski definition) is 7. The number of hydrogen-bond donors (Lipinski definition) is 1. The molecule has 3 aromatic rings. The average Bonchev–Trinajstić information content (AvgIpc) is 3.39. The molecule has 1 aliphatic rings. The van der Waals surface area contributed by atoms with Gasteiger partial charge in [-0.2, -0.15) is 0 Å². The van der Waals surface area contributed by atoms with Gasteiger partial charge in [-0.15, -0.1) is 0 Å². The van der Waals surface area contributed by atoms with Gasteiger partial charge in [-0.05, 0) is 82.6 Å². The lowest BCUT2D eigenvalue weighted by molar-refractivity contribution is -0.149. The van der Waals surface area contributed by atoms with E-state index in [9.17, 15) is 14.7 Å². The standard InChI is InChI=1S/C28H34N2O6/c1-4-34-22-10-8-20(9-11-22)26(29-14-12-21(13-15-29)28(33)35-5-2)25-24(31)17-19(3)30(27(25)32)18-23-7-6-16-36-23/h6-11,16-17,21,26,31H,4-5,12-15,18H2,1-3H3/t26-/m1/s1. The van der Waals surface area contributed by atoms with Crippen LogP contribution in [-0.2, 0) is 16.1 Å². The zero-order valence-corrected chi connectivity index (χ0v) is 21.1. The first-order chi connectivity index (χ1) is 17.4. The van der Waals surface area contributed by atoms with E-state index in [1.807, 2.05) is 44.2 Å². The van der Waals surface area contributed by atoms with Crippen molar-refractivity contribution in [3.05, 3.63) is 81.7 Å². The van der Waals surface area contributed by atoms with E-state index in [4.69, 9.17) is 13.9 Å². The highest BCUT2D eigenvalue weighted by molar-refractivity contribution is 5.72. The van der Waals surface area contributed by atoms with Gasteiger partial charge in [-0.1, -0.05) is 12.1 Å². The second-order valence-electron chi connectivity index (χ2n) is 9.02. The van der Waals surface area contributed by atoms with Crippen molar-refractivity contribution < 1.29 is 23.8 Å². The average molecular weight is 495 g/mol. The Bertz CT molecular complexity index is 1210. The molecule has 8 heteroatoms. The molecule has 0 spiro atoms. The van der Waals surface area contributed by atoms with Crippen LogP contribution in [0.1, 0.15) is 55.3 Å². The first-order valence-corrected chi connectivity index (χ1v) is 12.5. The molecule has 2 aromatic heterocycles. The third kappa shape index (κ3) is 5.49. The summed E-state index contributed by atoms with van der Waals surface area (Å²) in [4.78, 5) is 28.3. The summed E-state index contributed by atoms with van der Waals surface area (Å²) in [6.45, 7) is 7.90. The highest BCUT2D eigenvalue weighted by Crippen LogP contribution is 2.36. The number of aromatic nitrogens is 1. The van der Waals surface area contributed by atoms with E-state index < -0.39 is 6.04 Å². The molecule has 1 aromatic carbocycles. The first-order valence-electron chi connectivity index (χ1n) is 12.5. The van der Waals surface area contributed by atoms with Gasteiger partial charge >= 0.3 is 5.97 Å². The Balaban J connectivity index is 1.73. The Morgan fingerprint density at radius 2 is 1.86 bits per heavy atom. The third-order valence-electron chi connectivity index (χ3n) is 6.71. The van der Waals surface area contributed by atoms with Crippen molar-refractivity contribution >= 4 is 5.97 Å². The molecule has 192 valence electrons. The van der Waals surface area contributed by atoms with Crippen LogP contribution in [0.2, 0.25) is 0 Å². The molecule has 1 aliphatic heterocycles. The number of aromatic hydroxyl groups is 1. The topological polar surface area (TPSA) is 94.1 Å². The number of furan rings is 1. The molecule has 4 rings (SSSR count). The van der Waals surface area contributed by atoms with Gasteiger partial charge in [0.15, 0.2) is 0 Å². The second-order valence-corrected chi connectivity index (χ2v) is 9.02. The van der Waals surface area contributed by atoms with E-state index in [1.54, 1.807) is 29.9 Å². The van der Waals surface area contributed by atoms with Gasteiger partial charge in [0.2, 0.25) is 0 Å². The number of likely N-dealkylation sites (tertiary alicyclic amines) is 1. The molecule has 1 atom stereocenters. The van der Waals surface area contributed by atoms with Crippen molar-refractivity contribution in [3.8, 4) is 11.5 Å². The summed E-state index contributed by atoms with van der Waals surface area (Å²) in [5, 5.41) is 11.1. The second kappa shape index (κ2) is 11.5. The molecule has 1 saturated heterocycles. The summed E-state index contributed by atoms with van der Waals surface area (Å²) in [6.07, 6.45) is 2.83. The lowest BCUT2D eigenvalue weighted by atomic mass is 9.91. The molecule has 1 fully saturated rings. The number of carbonyl (C=O) groups is 1. The monoisotopic (exact) mass is 494 g/mol. The number of rotatable bonds is 9. The predicted molar refractivity (Wildman–Crippen MR) is 135 cm³/mol. The first kappa shape index (κ1) is 25.6. The van der Waals surface area contributed by atoms with Crippen LogP contribution < -0.4 is 10.3 Å². The molecule has 1 N–H and O–H groups in total. The molecule has 0 radical (unpaired) electrons. The van der Waals surface area contributed by atoms with Crippen LogP contribution in [0.3, 0.4) is 0 Å². The quantitative estimate of drug-likeness (QED) is 0.444. The van der Waals surface area contributed by atoms with Gasteiger partial charge in [0.05, 0.1) is 43.5 Å². The van der Waals surface area contributed by atoms with E-state index in [1.165, 1.54) is 0 Å². The summed E-state index contributed by atoms with van der Waals surface area (Å²) >= 11 is 0. The van der Waals surface area contributed by atoms with Crippen LogP contribution in [0.4, 0.5) is 0 Å². The molecule has 0 amide bonds. The largest absolute Gasteiger partial charge is 0.507 e. The minimum atomic E-state index is -0.486. The lowest BCUT2D eigenvalue weighted by Gasteiger charge is -2.37. The molecular weight excluding hydrogens is 460 g/mol. The summed E-state index contributed by atoms with van der Waals surface area (Å²) in [5.41, 5.74) is 1.55. The summed E-state index contributed by atoms with van der Waals surface area (Å²) in [6, 6.07) is 12.4. The Morgan fingerprint density at radius 1 is 1.14 bits per heavy atom. The van der Waals surface area contributed by atoms with Crippen molar-refractivity contribution in [2.45, 2.75) is 46.2 Å². The molecule has 3 heterocycles. The molecule has 0 bridgehead atoms. The van der Waals surface area contributed by atoms with Crippen molar-refractivity contribution in [3.63, 3.8) is 0 Å². The van der Waals surface area contributed by atoms with Crippen LogP contribution in [-0.4, -0.2) is 46.8 Å². The zero-order chi connectivity index (χ0) is 25.7. The van der Waals surface area contributed by atoms with Gasteiger partial charge in [0, 0.05) is 5.69 Å². The molecule has 8 nitrogen and oxygen atoms in total. The van der Waals surface area contributed by atoms with E-state index in [0.717, 1.165) is 11.3 Å². The lowest BCUT2D eigenvalue weighted by Crippen LogP contribution is -2.42. The Labute approximate surface area is 211 Å². The van der Waals surface area contributed by atoms with Crippen LogP contribution in [0.5, 0.6) is 11.5 Å². The molecule has 0 saturated carbocycles. The molecule has 0 unspecified atom stereocenters. The Kier molecular flexibility index (Phi) is 8.15. The number of ether oxygens (including phenoxy) is 2. The molecular formula is C28H34N2O6. The summed E-state index contributed by atoms with van der Waals surface area (Å²) in [7, 11) is 0. The number of esters is 1. The Hall–Kier alpha value is -3.52. The van der Waals surface area contributed by atoms with E-state index in [-0.39, 0.29) is 29.7 Å². The number of benzene rings is 1. The maximum absolute atomic E-state index is 13.9. The van der Waals surface area contributed by atoms with Crippen molar-refractivity contribution in [1.29, 1.82) is 0 Å². The van der Waals surface area contributed by atoms with Gasteiger partial charge < -0.3 is 23.6 Å². The smallest absolute Gasteiger partial charge is 0.309 e. The summed E-state index contributed by atoms with van der Waals surface area (Å²) < 4.78 is 17.9. The maximum atomic E-state index is 13.9. The zero-order valence-electron chi connectivity index (χ0n) is 21.1. The highest BCUT2D eigenvalue weighted by Gasteiger charge is 2.34. The van der Waals surface area contributed by atoms with Crippen molar-refractivity contribution in [2.24, 2.45) is 5.92 Å². The Morgan fingerprint density at radius 3 is 2.47 bits per heavy atom. The SMILES string of the molecule is CCOC(=O)C1CCN([C@H](c2ccc(OCC)cc2)c2c(O)cc(C)n(Cc3ccco3)c2=O)CC1. The number of piperidine rings is 1. The number of carbonyl (C=O) groups excluding carboxylic acids is 1. The van der Waals surface area contributed by atoms with Gasteiger partial charge in [0.25, 0.3) is 5.56 Å². The highest BCUT2D eigenvalue weighted by atomic mass is 16.5. The maximum Gasteiger partial charge on any atom is 0.309 e. The fraction of sp³-hybridized carbons (Fsp3) is 0.429. The number of aryl methyl sites for hydroxylation is 1. The molecule has 36 heavy (non-hydrogen) atoms. The fourth-order valence-corrected chi connectivity index (χ4v) is 4.91. The van der Waals surface area contributed by atoms with E-state index in [2.05, 4.69) is 4.90 Å². The van der Waals surface area contributed by atoms with Crippen molar-refractivity contribution in [2.75, 3.05) is 26.3 Å². The van der Waals surface area contributed by atoms with Gasteiger partial charge in [0.1, 0.15) is 17.3 Å². The van der Waals surface area contributed by atoms with E-state index >= 15 is 0 Å². The minimum Gasteiger partial charge on any atom is -0.507 e. The number of pyridine rings is 1. The number of nitrogens with zero attached hydrogens (tertiary/aromatic N) is 2. The van der Waals surface area contributed by atoms with Gasteiger partial charge in [-0.3, -0.25) is 14.5 Å².